The van der Waals surface area contributed by atoms with E-state index >= 15 is 0 Å². The highest BCUT2D eigenvalue weighted by Gasteiger charge is 2.12. The summed E-state index contributed by atoms with van der Waals surface area (Å²) >= 11 is 0. The van der Waals surface area contributed by atoms with Crippen LogP contribution in [0, 0.1) is 0 Å². The molecule has 0 saturated heterocycles. The molecule has 0 unspecified atom stereocenters. The van der Waals surface area contributed by atoms with Gasteiger partial charge in [-0.1, -0.05) is 6.07 Å². The summed E-state index contributed by atoms with van der Waals surface area (Å²) in [6, 6.07) is 5.47. The molecule has 0 aliphatic carbocycles. The van der Waals surface area contributed by atoms with Gasteiger partial charge in [0.1, 0.15) is 0 Å². The first kappa shape index (κ1) is 13.2. The van der Waals surface area contributed by atoms with Crippen molar-refractivity contribution in [2.24, 2.45) is 0 Å². The third-order valence-corrected chi connectivity index (χ3v) is 4.03. The second-order valence-corrected chi connectivity index (χ2v) is 6.15. The van der Waals surface area contributed by atoms with Gasteiger partial charge in [-0.3, -0.25) is 0 Å². The van der Waals surface area contributed by atoms with E-state index in [0.29, 0.717) is 19.0 Å². The molecular weight excluding hydrogens is 254 g/mol. The Morgan fingerprint density at radius 2 is 1.94 bits per heavy atom. The molecule has 0 aromatic heterocycles. The Balaban J connectivity index is 2.09. The average molecular weight is 271 g/mol. The van der Waals surface area contributed by atoms with E-state index in [-0.39, 0.29) is 12.3 Å². The fraction of sp³-hybridized carbons (Fsp3) is 0.500. The van der Waals surface area contributed by atoms with E-state index in [1.807, 2.05) is 18.2 Å². The Bertz CT molecular complexity index is 513. The minimum atomic E-state index is -3.17. The number of fused-ring (bicyclic) bond motifs is 1. The average Bonchev–Trinajstić information content (AvgIpc) is 2.61. The van der Waals surface area contributed by atoms with E-state index in [2.05, 4.69) is 4.72 Å². The normalized spacial score (nSPS) is 15.2. The van der Waals surface area contributed by atoms with Crippen LogP contribution in [-0.4, -0.2) is 27.4 Å². The molecule has 100 valence electrons. The van der Waals surface area contributed by atoms with Gasteiger partial charge < -0.3 is 9.47 Å². The van der Waals surface area contributed by atoms with Crippen molar-refractivity contribution in [2.45, 2.75) is 19.9 Å². The summed E-state index contributed by atoms with van der Waals surface area (Å²) in [5, 5.41) is 0. The van der Waals surface area contributed by atoms with Crippen molar-refractivity contribution in [1.82, 2.24) is 4.72 Å². The molecule has 6 heteroatoms. The van der Waals surface area contributed by atoms with Crippen LogP contribution >= 0.6 is 0 Å². The van der Waals surface area contributed by atoms with Crippen LogP contribution in [-0.2, 0) is 16.6 Å². The van der Waals surface area contributed by atoms with Crippen LogP contribution in [0.15, 0.2) is 18.2 Å². The van der Waals surface area contributed by atoms with Crippen LogP contribution in [0.2, 0.25) is 0 Å². The van der Waals surface area contributed by atoms with E-state index in [1.165, 1.54) is 0 Å². The summed E-state index contributed by atoms with van der Waals surface area (Å²) in [6.45, 7) is 3.15. The molecule has 1 aromatic rings. The van der Waals surface area contributed by atoms with Crippen LogP contribution in [0.25, 0.3) is 0 Å². The SMILES string of the molecule is CCS(=O)(=O)NCc1ccc2c(c1)OCCCO2. The Morgan fingerprint density at radius 1 is 1.22 bits per heavy atom. The number of nitrogens with one attached hydrogen (secondary N) is 1. The van der Waals surface area contributed by atoms with Gasteiger partial charge in [-0.25, -0.2) is 13.1 Å². The predicted octanol–water partition coefficient (Wildman–Crippen LogP) is 1.29. The predicted molar refractivity (Wildman–Crippen MR) is 68.3 cm³/mol. The van der Waals surface area contributed by atoms with Crippen molar-refractivity contribution in [3.8, 4) is 11.5 Å². The molecule has 0 bridgehead atoms. The smallest absolute Gasteiger partial charge is 0.211 e. The first-order valence-corrected chi connectivity index (χ1v) is 7.62. The van der Waals surface area contributed by atoms with Crippen molar-refractivity contribution in [3.63, 3.8) is 0 Å². The Kier molecular flexibility index (Phi) is 4.08. The highest BCUT2D eigenvalue weighted by molar-refractivity contribution is 7.89. The minimum absolute atomic E-state index is 0.0809. The Labute approximate surface area is 107 Å². The second-order valence-electron chi connectivity index (χ2n) is 4.06. The number of sulfonamides is 1. The lowest BCUT2D eigenvalue weighted by molar-refractivity contribution is 0.297. The van der Waals surface area contributed by atoms with Gasteiger partial charge in [0.05, 0.1) is 19.0 Å². The van der Waals surface area contributed by atoms with Crippen molar-refractivity contribution in [2.75, 3.05) is 19.0 Å². The van der Waals surface area contributed by atoms with Crippen molar-refractivity contribution in [1.29, 1.82) is 0 Å². The maximum Gasteiger partial charge on any atom is 0.211 e. The topological polar surface area (TPSA) is 64.6 Å². The Hall–Kier alpha value is -1.27. The molecule has 1 aliphatic heterocycles. The van der Waals surface area contributed by atoms with Gasteiger partial charge in [-0.05, 0) is 24.6 Å². The van der Waals surface area contributed by atoms with Crippen LogP contribution < -0.4 is 14.2 Å². The maximum absolute atomic E-state index is 11.3. The first-order valence-electron chi connectivity index (χ1n) is 5.96. The lowest BCUT2D eigenvalue weighted by Gasteiger charge is -2.10. The molecule has 0 atom stereocenters. The standard InChI is InChI=1S/C12H17NO4S/c1-2-18(14,15)13-9-10-4-5-11-12(8-10)17-7-3-6-16-11/h4-5,8,13H,2-3,6-7,9H2,1H3. The minimum Gasteiger partial charge on any atom is -0.490 e. The first-order chi connectivity index (χ1) is 8.61. The van der Waals surface area contributed by atoms with Crippen molar-refractivity contribution in [3.05, 3.63) is 23.8 Å². The van der Waals surface area contributed by atoms with Gasteiger partial charge in [0.25, 0.3) is 0 Å². The molecule has 0 spiro atoms. The van der Waals surface area contributed by atoms with Gasteiger partial charge in [0.2, 0.25) is 10.0 Å². The zero-order valence-electron chi connectivity index (χ0n) is 10.3. The summed E-state index contributed by atoms with van der Waals surface area (Å²) in [5.74, 6) is 1.48. The lowest BCUT2D eigenvalue weighted by Crippen LogP contribution is -2.24. The third kappa shape index (κ3) is 3.36. The molecule has 1 aliphatic rings. The molecule has 0 amide bonds. The van der Waals surface area contributed by atoms with Crippen LogP contribution in [0.4, 0.5) is 0 Å². The number of ether oxygens (including phenoxy) is 2. The molecule has 0 saturated carbocycles. The molecule has 18 heavy (non-hydrogen) atoms. The third-order valence-electron chi connectivity index (χ3n) is 2.69. The Morgan fingerprint density at radius 3 is 2.67 bits per heavy atom. The van der Waals surface area contributed by atoms with Gasteiger partial charge in [0.15, 0.2) is 11.5 Å². The van der Waals surface area contributed by atoms with Crippen LogP contribution in [0.1, 0.15) is 18.9 Å². The number of rotatable bonds is 4. The lowest BCUT2D eigenvalue weighted by atomic mass is 10.2. The summed E-state index contributed by atoms with van der Waals surface area (Å²) < 4.78 is 36.3. The summed E-state index contributed by atoms with van der Waals surface area (Å²) in [4.78, 5) is 0. The molecule has 1 heterocycles. The number of benzene rings is 1. The zero-order chi connectivity index (χ0) is 13.0. The summed E-state index contributed by atoms with van der Waals surface area (Å²) in [7, 11) is -3.17. The summed E-state index contributed by atoms with van der Waals surface area (Å²) in [6.07, 6.45) is 0.854. The molecule has 2 rings (SSSR count). The summed E-state index contributed by atoms with van der Waals surface area (Å²) in [5.41, 5.74) is 0.858. The van der Waals surface area contributed by atoms with Crippen LogP contribution in [0.5, 0.6) is 11.5 Å². The molecule has 1 N–H and O–H groups in total. The highest BCUT2D eigenvalue weighted by Crippen LogP contribution is 2.30. The monoisotopic (exact) mass is 271 g/mol. The second kappa shape index (κ2) is 5.58. The van der Waals surface area contributed by atoms with Crippen molar-refractivity contribution >= 4 is 10.0 Å². The number of hydrogen-bond donors (Lipinski definition) is 1. The molecule has 0 radical (unpaired) electrons. The maximum atomic E-state index is 11.3. The molecule has 1 aromatic carbocycles. The van der Waals surface area contributed by atoms with Crippen LogP contribution in [0.3, 0.4) is 0 Å². The fourth-order valence-electron chi connectivity index (χ4n) is 1.61. The fourth-order valence-corrected chi connectivity index (χ4v) is 2.20. The highest BCUT2D eigenvalue weighted by atomic mass is 32.2. The van der Waals surface area contributed by atoms with Gasteiger partial charge in [-0.15, -0.1) is 0 Å². The number of hydrogen-bond acceptors (Lipinski definition) is 4. The molecule has 5 nitrogen and oxygen atoms in total. The van der Waals surface area contributed by atoms with E-state index in [4.69, 9.17) is 9.47 Å². The van der Waals surface area contributed by atoms with E-state index < -0.39 is 10.0 Å². The van der Waals surface area contributed by atoms with Gasteiger partial charge in [-0.2, -0.15) is 0 Å². The molecular formula is C12H17NO4S. The van der Waals surface area contributed by atoms with E-state index in [0.717, 1.165) is 17.7 Å². The van der Waals surface area contributed by atoms with Gasteiger partial charge >= 0.3 is 0 Å². The molecule has 0 fully saturated rings. The largest absolute Gasteiger partial charge is 0.490 e. The quantitative estimate of drug-likeness (QED) is 0.896. The van der Waals surface area contributed by atoms with Gasteiger partial charge in [0, 0.05) is 13.0 Å². The van der Waals surface area contributed by atoms with Crippen molar-refractivity contribution < 1.29 is 17.9 Å². The van der Waals surface area contributed by atoms with E-state index in [9.17, 15) is 8.42 Å². The zero-order valence-corrected chi connectivity index (χ0v) is 11.1. The van der Waals surface area contributed by atoms with E-state index in [1.54, 1.807) is 6.92 Å².